The first-order valence-corrected chi connectivity index (χ1v) is 6.80. The largest absolute Gasteiger partial charge is 0.494 e. The molecule has 0 aliphatic heterocycles. The van der Waals surface area contributed by atoms with Gasteiger partial charge in [-0.15, -0.1) is 0 Å². The van der Waals surface area contributed by atoms with Crippen molar-refractivity contribution in [2.45, 2.75) is 6.42 Å². The highest BCUT2D eigenvalue weighted by Crippen LogP contribution is 2.11. The van der Waals surface area contributed by atoms with Gasteiger partial charge in [-0.05, 0) is 18.6 Å². The number of amides is 1. The Morgan fingerprint density at radius 1 is 1.38 bits per heavy atom. The van der Waals surface area contributed by atoms with E-state index in [1.807, 2.05) is 30.3 Å². The molecule has 1 heterocycles. The summed E-state index contributed by atoms with van der Waals surface area (Å²) in [6.45, 7) is 1.14. The summed E-state index contributed by atoms with van der Waals surface area (Å²) in [5.74, 6) is 0.660. The van der Waals surface area contributed by atoms with Crippen LogP contribution in [0.4, 0.5) is 5.69 Å². The Labute approximate surface area is 124 Å². The predicted octanol–water partition coefficient (Wildman–Crippen LogP) is 1.54. The minimum Gasteiger partial charge on any atom is -0.494 e. The molecule has 0 atom stereocenters. The zero-order chi connectivity index (χ0) is 15.2. The summed E-state index contributed by atoms with van der Waals surface area (Å²) in [5.41, 5.74) is 6.45. The van der Waals surface area contributed by atoms with E-state index in [2.05, 4.69) is 5.10 Å². The predicted molar refractivity (Wildman–Crippen MR) is 81.1 cm³/mol. The molecule has 0 saturated heterocycles. The van der Waals surface area contributed by atoms with Gasteiger partial charge in [0, 0.05) is 26.8 Å². The first kappa shape index (κ1) is 14.9. The number of nitrogens with two attached hydrogens (primary N) is 1. The number of aryl methyl sites for hydroxylation is 1. The molecule has 6 nitrogen and oxygen atoms in total. The molecule has 1 aromatic heterocycles. The smallest absolute Gasteiger partial charge is 0.276 e. The van der Waals surface area contributed by atoms with Crippen molar-refractivity contribution in [3.8, 4) is 5.75 Å². The van der Waals surface area contributed by atoms with Crippen LogP contribution in [0.1, 0.15) is 16.9 Å². The lowest BCUT2D eigenvalue weighted by atomic mass is 10.3. The summed E-state index contributed by atoms with van der Waals surface area (Å²) in [5, 5.41) is 4.08. The SMILES string of the molecule is CN(CCCOc1ccccc1)C(=O)c1nn(C)cc1N. The van der Waals surface area contributed by atoms with Crippen molar-refractivity contribution in [3.05, 3.63) is 42.2 Å². The summed E-state index contributed by atoms with van der Waals surface area (Å²) in [4.78, 5) is 13.8. The highest BCUT2D eigenvalue weighted by atomic mass is 16.5. The van der Waals surface area contributed by atoms with Crippen molar-refractivity contribution in [1.29, 1.82) is 0 Å². The number of ether oxygens (including phenoxy) is 1. The summed E-state index contributed by atoms with van der Waals surface area (Å²) < 4.78 is 7.12. The van der Waals surface area contributed by atoms with Crippen LogP contribution >= 0.6 is 0 Å². The zero-order valence-electron chi connectivity index (χ0n) is 12.3. The minimum atomic E-state index is -0.173. The van der Waals surface area contributed by atoms with Crippen LogP contribution < -0.4 is 10.5 Å². The standard InChI is InChI=1S/C15H20N4O2/c1-18(15(20)14-13(16)11-19(2)17-14)9-6-10-21-12-7-4-3-5-8-12/h3-5,7-8,11H,6,9-10,16H2,1-2H3. The zero-order valence-corrected chi connectivity index (χ0v) is 12.3. The van der Waals surface area contributed by atoms with E-state index in [1.165, 1.54) is 4.68 Å². The molecule has 0 unspecified atom stereocenters. The van der Waals surface area contributed by atoms with E-state index in [1.54, 1.807) is 25.2 Å². The van der Waals surface area contributed by atoms with E-state index in [4.69, 9.17) is 10.5 Å². The van der Waals surface area contributed by atoms with Crippen molar-refractivity contribution in [3.63, 3.8) is 0 Å². The second-order valence-corrected chi connectivity index (χ2v) is 4.85. The number of hydrogen-bond acceptors (Lipinski definition) is 4. The van der Waals surface area contributed by atoms with Gasteiger partial charge in [0.05, 0.1) is 12.3 Å². The Bertz CT molecular complexity index is 595. The summed E-state index contributed by atoms with van der Waals surface area (Å²) in [6.07, 6.45) is 2.36. The maximum absolute atomic E-state index is 12.2. The van der Waals surface area contributed by atoms with Crippen LogP contribution in [0.2, 0.25) is 0 Å². The Kier molecular flexibility index (Phi) is 4.81. The first-order valence-electron chi connectivity index (χ1n) is 6.80. The monoisotopic (exact) mass is 288 g/mol. The van der Waals surface area contributed by atoms with E-state index in [9.17, 15) is 4.79 Å². The molecule has 2 aromatic rings. The average Bonchev–Trinajstić information content (AvgIpc) is 2.82. The molecule has 0 aliphatic rings. The molecule has 2 rings (SSSR count). The van der Waals surface area contributed by atoms with Crippen LogP contribution in [-0.2, 0) is 7.05 Å². The molecule has 0 spiro atoms. The number of benzene rings is 1. The fourth-order valence-corrected chi connectivity index (χ4v) is 1.96. The van der Waals surface area contributed by atoms with Gasteiger partial charge in [-0.1, -0.05) is 18.2 Å². The van der Waals surface area contributed by atoms with Crippen molar-refractivity contribution in [2.75, 3.05) is 25.9 Å². The number of anilines is 1. The molecule has 0 aliphatic carbocycles. The molecule has 0 radical (unpaired) electrons. The molecule has 21 heavy (non-hydrogen) atoms. The second-order valence-electron chi connectivity index (χ2n) is 4.85. The van der Waals surface area contributed by atoms with Gasteiger partial charge in [0.15, 0.2) is 5.69 Å². The molecule has 1 amide bonds. The summed E-state index contributed by atoms with van der Waals surface area (Å²) in [6, 6.07) is 9.60. The number of hydrogen-bond donors (Lipinski definition) is 1. The summed E-state index contributed by atoms with van der Waals surface area (Å²) in [7, 11) is 3.47. The lowest BCUT2D eigenvalue weighted by Crippen LogP contribution is -2.29. The van der Waals surface area contributed by atoms with E-state index >= 15 is 0 Å². The fourth-order valence-electron chi connectivity index (χ4n) is 1.96. The average molecular weight is 288 g/mol. The number of aromatic nitrogens is 2. The third-order valence-corrected chi connectivity index (χ3v) is 3.06. The number of nitrogens with zero attached hydrogens (tertiary/aromatic N) is 3. The molecule has 112 valence electrons. The normalized spacial score (nSPS) is 10.4. The number of nitrogen functional groups attached to an aromatic ring is 1. The second kappa shape index (κ2) is 6.78. The maximum atomic E-state index is 12.2. The highest BCUT2D eigenvalue weighted by molar-refractivity contribution is 5.96. The van der Waals surface area contributed by atoms with Crippen LogP contribution in [0.3, 0.4) is 0 Å². The Morgan fingerprint density at radius 2 is 2.10 bits per heavy atom. The maximum Gasteiger partial charge on any atom is 0.276 e. The van der Waals surface area contributed by atoms with Crippen molar-refractivity contribution in [1.82, 2.24) is 14.7 Å². The van der Waals surface area contributed by atoms with Crippen LogP contribution in [0.25, 0.3) is 0 Å². The van der Waals surface area contributed by atoms with Crippen LogP contribution in [0, 0.1) is 0 Å². The Hall–Kier alpha value is -2.50. The Balaban J connectivity index is 1.78. The molecule has 0 saturated carbocycles. The molecule has 0 bridgehead atoms. The van der Waals surface area contributed by atoms with Gasteiger partial charge in [-0.2, -0.15) is 5.10 Å². The molecule has 1 aromatic carbocycles. The van der Waals surface area contributed by atoms with Gasteiger partial charge >= 0.3 is 0 Å². The van der Waals surface area contributed by atoms with Crippen molar-refractivity contribution in [2.24, 2.45) is 7.05 Å². The van der Waals surface area contributed by atoms with E-state index in [0.717, 1.165) is 12.2 Å². The molecular weight excluding hydrogens is 268 g/mol. The van der Waals surface area contributed by atoms with E-state index < -0.39 is 0 Å². The number of carbonyl (C=O) groups excluding carboxylic acids is 1. The van der Waals surface area contributed by atoms with Gasteiger partial charge in [0.25, 0.3) is 5.91 Å². The van der Waals surface area contributed by atoms with E-state index in [-0.39, 0.29) is 5.91 Å². The quantitative estimate of drug-likeness (QED) is 0.818. The van der Waals surface area contributed by atoms with Gasteiger partial charge < -0.3 is 15.4 Å². The van der Waals surface area contributed by atoms with Crippen molar-refractivity contribution >= 4 is 11.6 Å². The van der Waals surface area contributed by atoms with Gasteiger partial charge in [-0.25, -0.2) is 0 Å². The number of carbonyl (C=O) groups is 1. The molecular formula is C15H20N4O2. The molecule has 0 fully saturated rings. The van der Waals surface area contributed by atoms with Gasteiger partial charge in [0.1, 0.15) is 5.75 Å². The highest BCUT2D eigenvalue weighted by Gasteiger charge is 2.17. The number of rotatable bonds is 6. The first-order chi connectivity index (χ1) is 10.1. The van der Waals surface area contributed by atoms with Gasteiger partial charge in [-0.3, -0.25) is 9.48 Å². The topological polar surface area (TPSA) is 73.4 Å². The van der Waals surface area contributed by atoms with Gasteiger partial charge in [0.2, 0.25) is 0 Å². The van der Waals surface area contributed by atoms with Crippen LogP contribution in [0.15, 0.2) is 36.5 Å². The van der Waals surface area contributed by atoms with Crippen molar-refractivity contribution < 1.29 is 9.53 Å². The summed E-state index contributed by atoms with van der Waals surface area (Å²) >= 11 is 0. The molecule has 6 heteroatoms. The third kappa shape index (κ3) is 3.98. The lowest BCUT2D eigenvalue weighted by molar-refractivity contribution is 0.0782. The lowest BCUT2D eigenvalue weighted by Gasteiger charge is -2.16. The van der Waals surface area contributed by atoms with E-state index in [0.29, 0.717) is 24.5 Å². The van der Waals surface area contributed by atoms with Crippen LogP contribution in [0.5, 0.6) is 5.75 Å². The van der Waals surface area contributed by atoms with Crippen LogP contribution in [-0.4, -0.2) is 40.8 Å². The molecule has 2 N–H and O–H groups in total. The Morgan fingerprint density at radius 3 is 2.71 bits per heavy atom. The fraction of sp³-hybridized carbons (Fsp3) is 0.333. The third-order valence-electron chi connectivity index (χ3n) is 3.06. The minimum absolute atomic E-state index is 0.173. The number of para-hydroxylation sites is 1.